The highest BCUT2D eigenvalue weighted by Crippen LogP contribution is 2.20. The third-order valence-electron chi connectivity index (χ3n) is 2.97. The maximum absolute atomic E-state index is 11.5. The van der Waals surface area contributed by atoms with Gasteiger partial charge in [-0.2, -0.15) is 0 Å². The van der Waals surface area contributed by atoms with Crippen LogP contribution in [0.4, 0.5) is 4.79 Å². The summed E-state index contributed by atoms with van der Waals surface area (Å²) in [4.78, 5) is 11.5. The molecule has 0 aliphatic carbocycles. The molecular formula is C19H21NO3. The number of amides is 1. The van der Waals surface area contributed by atoms with Gasteiger partial charge in [-0.05, 0) is 55.8 Å². The van der Waals surface area contributed by atoms with Gasteiger partial charge in [-0.15, -0.1) is 0 Å². The molecule has 0 spiro atoms. The fourth-order valence-corrected chi connectivity index (χ4v) is 2.02. The Labute approximate surface area is 136 Å². The van der Waals surface area contributed by atoms with Crippen LogP contribution in [0.5, 0.6) is 5.75 Å². The molecule has 4 nitrogen and oxygen atoms in total. The number of carbonyl (C=O) groups is 1. The summed E-state index contributed by atoms with van der Waals surface area (Å²) in [6.45, 7) is 5.92. The van der Waals surface area contributed by atoms with E-state index in [1.165, 1.54) is 0 Å². The van der Waals surface area contributed by atoms with Gasteiger partial charge in [0, 0.05) is 18.5 Å². The molecule has 120 valence electrons. The summed E-state index contributed by atoms with van der Waals surface area (Å²) in [5.41, 5.74) is 0.412. The zero-order chi connectivity index (χ0) is 16.9. The largest absolute Gasteiger partial charge is 0.508 e. The van der Waals surface area contributed by atoms with E-state index in [2.05, 4.69) is 17.2 Å². The molecule has 0 radical (unpaired) electrons. The normalized spacial score (nSPS) is 10.7. The molecule has 0 unspecified atom stereocenters. The molecule has 0 aliphatic rings. The summed E-state index contributed by atoms with van der Waals surface area (Å²) in [5, 5.41) is 14.1. The Morgan fingerprint density at radius 3 is 2.61 bits per heavy atom. The smallest absolute Gasteiger partial charge is 0.407 e. The lowest BCUT2D eigenvalue weighted by molar-refractivity contribution is 0.0529. The van der Waals surface area contributed by atoms with Crippen molar-refractivity contribution in [1.82, 2.24) is 5.32 Å². The van der Waals surface area contributed by atoms with E-state index >= 15 is 0 Å². The van der Waals surface area contributed by atoms with Crippen molar-refractivity contribution in [1.29, 1.82) is 0 Å². The van der Waals surface area contributed by atoms with Gasteiger partial charge in [0.25, 0.3) is 0 Å². The Bertz CT molecular complexity index is 764. The topological polar surface area (TPSA) is 58.6 Å². The number of phenolic OH excluding ortho intramolecular Hbond substituents is 1. The summed E-state index contributed by atoms with van der Waals surface area (Å²) in [6, 6.07) is 11.1. The molecule has 1 amide bonds. The minimum absolute atomic E-state index is 0.254. The predicted molar refractivity (Wildman–Crippen MR) is 91.3 cm³/mol. The molecule has 4 heteroatoms. The highest BCUT2D eigenvalue weighted by atomic mass is 16.6. The number of benzene rings is 2. The number of aromatic hydroxyl groups is 1. The molecule has 0 bridgehead atoms. The molecule has 2 rings (SSSR count). The van der Waals surface area contributed by atoms with Gasteiger partial charge < -0.3 is 15.2 Å². The Morgan fingerprint density at radius 2 is 1.87 bits per heavy atom. The zero-order valence-electron chi connectivity index (χ0n) is 13.6. The van der Waals surface area contributed by atoms with E-state index in [0.29, 0.717) is 13.0 Å². The predicted octanol–water partition coefficient (Wildman–Crippen LogP) is 3.81. The van der Waals surface area contributed by atoms with Crippen LogP contribution in [-0.2, 0) is 4.74 Å². The number of rotatable bonds is 2. The van der Waals surface area contributed by atoms with Gasteiger partial charge in [0.05, 0.1) is 0 Å². The first kappa shape index (κ1) is 16.7. The first-order valence-corrected chi connectivity index (χ1v) is 7.52. The van der Waals surface area contributed by atoms with E-state index in [4.69, 9.17) is 4.74 Å². The number of ether oxygens (including phenoxy) is 1. The van der Waals surface area contributed by atoms with E-state index in [1.54, 1.807) is 12.1 Å². The summed E-state index contributed by atoms with van der Waals surface area (Å²) < 4.78 is 5.14. The van der Waals surface area contributed by atoms with Gasteiger partial charge in [0.1, 0.15) is 11.4 Å². The van der Waals surface area contributed by atoms with Crippen molar-refractivity contribution in [2.45, 2.75) is 32.8 Å². The fraction of sp³-hybridized carbons (Fsp3) is 0.316. The van der Waals surface area contributed by atoms with Crippen molar-refractivity contribution in [2.24, 2.45) is 0 Å². The van der Waals surface area contributed by atoms with Crippen LogP contribution in [0.2, 0.25) is 0 Å². The van der Waals surface area contributed by atoms with Crippen molar-refractivity contribution in [3.05, 3.63) is 42.0 Å². The maximum atomic E-state index is 11.5. The Kier molecular flexibility index (Phi) is 5.13. The quantitative estimate of drug-likeness (QED) is 0.655. The van der Waals surface area contributed by atoms with Crippen LogP contribution >= 0.6 is 0 Å². The molecule has 23 heavy (non-hydrogen) atoms. The molecule has 2 N–H and O–H groups in total. The molecule has 0 saturated carbocycles. The van der Waals surface area contributed by atoms with Gasteiger partial charge in [-0.25, -0.2) is 4.79 Å². The average Bonchev–Trinajstić information content (AvgIpc) is 2.45. The van der Waals surface area contributed by atoms with Gasteiger partial charge in [-0.3, -0.25) is 0 Å². The summed E-state index contributed by atoms with van der Waals surface area (Å²) >= 11 is 0. The lowest BCUT2D eigenvalue weighted by Gasteiger charge is -2.19. The van der Waals surface area contributed by atoms with Crippen LogP contribution in [-0.4, -0.2) is 23.3 Å². The van der Waals surface area contributed by atoms with Gasteiger partial charge in [0.15, 0.2) is 0 Å². The number of carbonyl (C=O) groups excluding carboxylic acids is 1. The first-order valence-electron chi connectivity index (χ1n) is 7.52. The van der Waals surface area contributed by atoms with E-state index in [1.807, 2.05) is 45.0 Å². The highest BCUT2D eigenvalue weighted by Gasteiger charge is 2.15. The molecule has 2 aromatic carbocycles. The third-order valence-corrected chi connectivity index (χ3v) is 2.97. The lowest BCUT2D eigenvalue weighted by atomic mass is 10.1. The second kappa shape index (κ2) is 7.06. The SMILES string of the molecule is CC(C)(C)OC(=O)NCCC#Cc1ccc2cc(O)ccc2c1. The maximum Gasteiger partial charge on any atom is 0.407 e. The molecule has 0 aromatic heterocycles. The van der Waals surface area contributed by atoms with Crippen LogP contribution in [0.1, 0.15) is 32.8 Å². The lowest BCUT2D eigenvalue weighted by Crippen LogP contribution is -2.32. The Hall–Kier alpha value is -2.67. The number of hydrogen-bond donors (Lipinski definition) is 2. The molecule has 2 aromatic rings. The second-order valence-electron chi connectivity index (χ2n) is 6.23. The third kappa shape index (κ3) is 5.55. The molecule has 0 saturated heterocycles. The van der Waals surface area contributed by atoms with Crippen molar-refractivity contribution >= 4 is 16.9 Å². The van der Waals surface area contributed by atoms with Gasteiger partial charge in [-0.1, -0.05) is 24.0 Å². The number of alkyl carbamates (subject to hydrolysis) is 1. The number of fused-ring (bicyclic) bond motifs is 1. The second-order valence-corrected chi connectivity index (χ2v) is 6.23. The van der Waals surface area contributed by atoms with Crippen molar-refractivity contribution in [2.75, 3.05) is 6.54 Å². The number of phenols is 1. The van der Waals surface area contributed by atoms with Crippen molar-refractivity contribution in [3.63, 3.8) is 0 Å². The molecule has 0 atom stereocenters. The van der Waals surface area contributed by atoms with Crippen LogP contribution in [0.25, 0.3) is 10.8 Å². The highest BCUT2D eigenvalue weighted by molar-refractivity contribution is 5.85. The monoisotopic (exact) mass is 311 g/mol. The summed E-state index contributed by atoms with van der Waals surface area (Å²) in [6.07, 6.45) is 0.122. The standard InChI is InChI=1S/C19H21NO3/c1-19(2,3)23-18(22)20-11-5-4-6-14-7-8-16-13-17(21)10-9-15(16)12-14/h7-10,12-13,21H,5,11H2,1-3H3,(H,20,22). The summed E-state index contributed by atoms with van der Waals surface area (Å²) in [5.74, 6) is 6.35. The van der Waals surface area contributed by atoms with Crippen LogP contribution in [0.3, 0.4) is 0 Å². The average molecular weight is 311 g/mol. The Balaban J connectivity index is 1.87. The number of nitrogens with one attached hydrogen (secondary N) is 1. The van der Waals surface area contributed by atoms with Crippen LogP contribution < -0.4 is 5.32 Å². The zero-order valence-corrected chi connectivity index (χ0v) is 13.6. The fourth-order valence-electron chi connectivity index (χ4n) is 2.02. The minimum atomic E-state index is -0.491. The van der Waals surface area contributed by atoms with Crippen LogP contribution in [0.15, 0.2) is 36.4 Å². The van der Waals surface area contributed by atoms with E-state index in [-0.39, 0.29) is 5.75 Å². The van der Waals surface area contributed by atoms with E-state index < -0.39 is 11.7 Å². The molecule has 0 heterocycles. The minimum Gasteiger partial charge on any atom is -0.508 e. The molecule has 0 fully saturated rings. The Morgan fingerprint density at radius 1 is 1.17 bits per heavy atom. The number of hydrogen-bond acceptors (Lipinski definition) is 3. The molecule has 0 aliphatic heterocycles. The first-order chi connectivity index (χ1) is 10.8. The van der Waals surface area contributed by atoms with E-state index in [9.17, 15) is 9.90 Å². The van der Waals surface area contributed by atoms with Crippen molar-refractivity contribution in [3.8, 4) is 17.6 Å². The summed E-state index contributed by atoms with van der Waals surface area (Å²) in [7, 11) is 0. The van der Waals surface area contributed by atoms with Crippen LogP contribution in [0, 0.1) is 11.8 Å². The van der Waals surface area contributed by atoms with E-state index in [0.717, 1.165) is 16.3 Å². The van der Waals surface area contributed by atoms with Gasteiger partial charge in [0.2, 0.25) is 0 Å². The van der Waals surface area contributed by atoms with Crippen molar-refractivity contribution < 1.29 is 14.6 Å². The molecular weight excluding hydrogens is 290 g/mol. The van der Waals surface area contributed by atoms with Gasteiger partial charge >= 0.3 is 6.09 Å².